The third-order valence-electron chi connectivity index (χ3n) is 1.90. The summed E-state index contributed by atoms with van der Waals surface area (Å²) in [6.07, 6.45) is -3.27. The highest BCUT2D eigenvalue weighted by molar-refractivity contribution is 9.08. The van der Waals surface area contributed by atoms with Crippen LogP contribution in [0.1, 0.15) is 23.2 Å². The van der Waals surface area contributed by atoms with Crippen LogP contribution in [0.5, 0.6) is 0 Å². The van der Waals surface area contributed by atoms with Crippen LogP contribution in [-0.2, 0) is 16.5 Å². The number of carboxylic acid groups (broad SMARTS) is 1. The lowest BCUT2D eigenvalue weighted by atomic mass is 10.0. The van der Waals surface area contributed by atoms with Gasteiger partial charge in [-0.3, -0.25) is 4.79 Å². The van der Waals surface area contributed by atoms with Gasteiger partial charge < -0.3 is 5.11 Å². The SMILES string of the molecule is O=C(O)Cc1c(C(F)F)cc(Cl)nc1CBr. The van der Waals surface area contributed by atoms with Crippen LogP contribution in [0.3, 0.4) is 0 Å². The first-order valence-electron chi connectivity index (χ1n) is 4.19. The molecule has 0 bridgehead atoms. The molecular weight excluding hydrogens is 307 g/mol. The molecule has 0 amide bonds. The van der Waals surface area contributed by atoms with Gasteiger partial charge >= 0.3 is 5.97 Å². The molecule has 16 heavy (non-hydrogen) atoms. The number of halogens is 4. The number of aliphatic carboxylic acids is 1. The molecule has 88 valence electrons. The maximum atomic E-state index is 12.7. The molecule has 0 spiro atoms. The topological polar surface area (TPSA) is 50.2 Å². The van der Waals surface area contributed by atoms with E-state index >= 15 is 0 Å². The summed E-state index contributed by atoms with van der Waals surface area (Å²) < 4.78 is 25.4. The van der Waals surface area contributed by atoms with Gasteiger partial charge in [0.15, 0.2) is 0 Å². The summed E-state index contributed by atoms with van der Waals surface area (Å²) in [6.45, 7) is 0. The summed E-state index contributed by atoms with van der Waals surface area (Å²) in [6, 6.07) is 0.997. The first kappa shape index (κ1) is 13.3. The highest BCUT2D eigenvalue weighted by atomic mass is 79.9. The largest absolute Gasteiger partial charge is 0.481 e. The first-order chi connectivity index (χ1) is 7.45. The second-order valence-electron chi connectivity index (χ2n) is 2.96. The summed E-state index contributed by atoms with van der Waals surface area (Å²) in [5.41, 5.74) is -0.133. The highest BCUT2D eigenvalue weighted by Crippen LogP contribution is 2.28. The summed E-state index contributed by atoms with van der Waals surface area (Å²) in [5, 5.41) is 8.75. The molecule has 3 nitrogen and oxygen atoms in total. The minimum Gasteiger partial charge on any atom is -0.481 e. The van der Waals surface area contributed by atoms with E-state index in [1.807, 2.05) is 0 Å². The maximum Gasteiger partial charge on any atom is 0.307 e. The molecule has 1 heterocycles. The molecule has 0 radical (unpaired) electrons. The number of hydrogen-bond acceptors (Lipinski definition) is 2. The van der Waals surface area contributed by atoms with Crippen molar-refractivity contribution in [1.29, 1.82) is 0 Å². The maximum absolute atomic E-state index is 12.7. The standard InChI is InChI=1S/C9H7BrClF2NO2/c10-3-6-4(2-8(15)16)5(9(12)13)1-7(11)14-6/h1,9H,2-3H2,(H,15,16). The number of nitrogens with zero attached hydrogens (tertiary/aromatic N) is 1. The Kier molecular flexibility index (Phi) is 4.61. The number of carboxylic acids is 1. The average molecular weight is 315 g/mol. The van der Waals surface area contributed by atoms with Crippen molar-refractivity contribution >= 4 is 33.5 Å². The zero-order valence-corrected chi connectivity index (χ0v) is 10.2. The molecule has 1 N–H and O–H groups in total. The Morgan fingerprint density at radius 1 is 1.62 bits per heavy atom. The summed E-state index contributed by atoms with van der Waals surface area (Å²) in [7, 11) is 0. The molecule has 0 aliphatic heterocycles. The molecule has 0 saturated carbocycles. The average Bonchev–Trinajstić information content (AvgIpc) is 2.19. The number of aromatic nitrogens is 1. The van der Waals surface area contributed by atoms with Crippen LogP contribution >= 0.6 is 27.5 Å². The lowest BCUT2D eigenvalue weighted by Crippen LogP contribution is -2.09. The van der Waals surface area contributed by atoms with E-state index in [0.717, 1.165) is 6.07 Å². The zero-order chi connectivity index (χ0) is 12.3. The molecule has 7 heteroatoms. The molecule has 0 unspecified atom stereocenters. The van der Waals surface area contributed by atoms with Crippen LogP contribution < -0.4 is 0 Å². The number of alkyl halides is 3. The number of pyridine rings is 1. The minimum absolute atomic E-state index is 0.0174. The van der Waals surface area contributed by atoms with E-state index in [2.05, 4.69) is 20.9 Å². The van der Waals surface area contributed by atoms with Crippen LogP contribution in [-0.4, -0.2) is 16.1 Å². The second kappa shape index (κ2) is 5.54. The first-order valence-corrected chi connectivity index (χ1v) is 5.69. The Bertz CT molecular complexity index is 415. The van der Waals surface area contributed by atoms with Gasteiger partial charge in [0, 0.05) is 10.9 Å². The minimum atomic E-state index is -2.77. The van der Waals surface area contributed by atoms with Gasteiger partial charge in [0.1, 0.15) is 5.15 Å². The smallest absolute Gasteiger partial charge is 0.307 e. The highest BCUT2D eigenvalue weighted by Gasteiger charge is 2.20. The summed E-state index contributed by atoms with van der Waals surface area (Å²) >= 11 is 8.63. The van der Waals surface area contributed by atoms with Gasteiger partial charge in [-0.2, -0.15) is 0 Å². The second-order valence-corrected chi connectivity index (χ2v) is 3.91. The number of carbonyl (C=O) groups is 1. The Labute approximate surface area is 104 Å². The van der Waals surface area contributed by atoms with E-state index in [4.69, 9.17) is 16.7 Å². The molecule has 0 aliphatic carbocycles. The molecule has 1 aromatic rings. The van der Waals surface area contributed by atoms with E-state index in [0.29, 0.717) is 0 Å². The van der Waals surface area contributed by atoms with Gasteiger partial charge in [-0.25, -0.2) is 13.8 Å². The molecule has 1 aromatic heterocycles. The van der Waals surface area contributed by atoms with Gasteiger partial charge in [-0.1, -0.05) is 27.5 Å². The zero-order valence-electron chi connectivity index (χ0n) is 7.88. The fourth-order valence-electron chi connectivity index (χ4n) is 1.27. The Morgan fingerprint density at radius 3 is 2.69 bits per heavy atom. The summed E-state index contributed by atoms with van der Waals surface area (Å²) in [4.78, 5) is 14.4. The molecule has 0 fully saturated rings. The molecule has 0 saturated heterocycles. The fraction of sp³-hybridized carbons (Fsp3) is 0.333. The van der Waals surface area contributed by atoms with Crippen molar-refractivity contribution in [3.05, 3.63) is 28.0 Å². The lowest BCUT2D eigenvalue weighted by Gasteiger charge is -2.11. The lowest BCUT2D eigenvalue weighted by molar-refractivity contribution is -0.136. The predicted octanol–water partition coefficient (Wildman–Crippen LogP) is 3.19. The quantitative estimate of drug-likeness (QED) is 0.686. The normalized spacial score (nSPS) is 10.8. The van der Waals surface area contributed by atoms with Crippen molar-refractivity contribution in [3.63, 3.8) is 0 Å². The van der Waals surface area contributed by atoms with Crippen LogP contribution in [0.15, 0.2) is 6.07 Å². The van der Waals surface area contributed by atoms with Gasteiger partial charge in [0.2, 0.25) is 0 Å². The van der Waals surface area contributed by atoms with Gasteiger partial charge in [-0.05, 0) is 11.6 Å². The van der Waals surface area contributed by atoms with E-state index in [9.17, 15) is 13.6 Å². The third-order valence-corrected chi connectivity index (χ3v) is 2.63. The van der Waals surface area contributed by atoms with E-state index in [1.165, 1.54) is 0 Å². The number of hydrogen-bond donors (Lipinski definition) is 1. The van der Waals surface area contributed by atoms with Crippen molar-refractivity contribution in [3.8, 4) is 0 Å². The van der Waals surface area contributed by atoms with Crippen LogP contribution in [0.4, 0.5) is 8.78 Å². The van der Waals surface area contributed by atoms with Crippen molar-refractivity contribution < 1.29 is 18.7 Å². The monoisotopic (exact) mass is 313 g/mol. The van der Waals surface area contributed by atoms with Gasteiger partial charge in [-0.15, -0.1) is 0 Å². The Balaban J connectivity index is 3.32. The van der Waals surface area contributed by atoms with E-state index in [-0.39, 0.29) is 27.3 Å². The van der Waals surface area contributed by atoms with Gasteiger partial charge in [0.25, 0.3) is 6.43 Å². The van der Waals surface area contributed by atoms with Crippen molar-refractivity contribution in [1.82, 2.24) is 4.98 Å². The van der Waals surface area contributed by atoms with Crippen LogP contribution in [0.25, 0.3) is 0 Å². The van der Waals surface area contributed by atoms with Crippen molar-refractivity contribution in [2.75, 3.05) is 0 Å². The van der Waals surface area contributed by atoms with Crippen LogP contribution in [0.2, 0.25) is 5.15 Å². The molecular formula is C9H7BrClF2NO2. The van der Waals surface area contributed by atoms with Crippen LogP contribution in [0, 0.1) is 0 Å². The van der Waals surface area contributed by atoms with E-state index < -0.39 is 18.8 Å². The predicted molar refractivity (Wildman–Crippen MR) is 58.2 cm³/mol. The molecule has 0 aromatic carbocycles. The number of rotatable bonds is 4. The van der Waals surface area contributed by atoms with Crippen molar-refractivity contribution in [2.45, 2.75) is 18.2 Å². The molecule has 1 rings (SSSR count). The van der Waals surface area contributed by atoms with E-state index in [1.54, 1.807) is 0 Å². The molecule has 0 aliphatic rings. The fourth-order valence-corrected chi connectivity index (χ4v) is 1.95. The molecule has 0 atom stereocenters. The van der Waals surface area contributed by atoms with Crippen molar-refractivity contribution in [2.24, 2.45) is 0 Å². The third kappa shape index (κ3) is 3.12. The van der Waals surface area contributed by atoms with Gasteiger partial charge in [0.05, 0.1) is 12.1 Å². The Morgan fingerprint density at radius 2 is 2.25 bits per heavy atom. The summed E-state index contributed by atoms with van der Waals surface area (Å²) in [5.74, 6) is -1.19. The Hall–Kier alpha value is -0.750.